The molecule has 0 saturated carbocycles. The molecule has 0 bridgehead atoms. The molecule has 0 aromatic heterocycles. The summed E-state index contributed by atoms with van der Waals surface area (Å²) in [6.07, 6.45) is -0.500. The van der Waals surface area contributed by atoms with Crippen LogP contribution in [-0.4, -0.2) is 31.7 Å². The zero-order valence-corrected chi connectivity index (χ0v) is 10.3. The molecule has 1 aromatic carbocycles. The molecule has 1 fully saturated rings. The van der Waals surface area contributed by atoms with E-state index >= 15 is 0 Å². The maximum atomic E-state index is 11.9. The standard InChI is InChI=1S/C12H12ClN3O2/c13-10-2-1-9(5-8(10)6-14)16-12(17)11-7-15-3-4-18-11/h1-2,5,11,15H,3-4,7H2,(H,16,17). The van der Waals surface area contributed by atoms with Crippen LogP contribution in [0.2, 0.25) is 5.02 Å². The molecule has 0 aliphatic carbocycles. The SMILES string of the molecule is N#Cc1cc(NC(=O)C2CNCCO2)ccc1Cl. The van der Waals surface area contributed by atoms with Crippen molar-refractivity contribution in [3.63, 3.8) is 0 Å². The number of morpholine rings is 1. The second-order valence-corrected chi connectivity index (χ2v) is 4.27. The lowest BCUT2D eigenvalue weighted by Crippen LogP contribution is -2.45. The molecule has 2 rings (SSSR count). The first-order valence-electron chi connectivity index (χ1n) is 5.53. The van der Waals surface area contributed by atoms with Crippen LogP contribution in [0.1, 0.15) is 5.56 Å². The number of amides is 1. The number of nitriles is 1. The number of halogens is 1. The van der Waals surface area contributed by atoms with Crippen molar-refractivity contribution in [2.75, 3.05) is 25.0 Å². The Morgan fingerprint density at radius 3 is 3.11 bits per heavy atom. The average molecular weight is 266 g/mol. The first-order chi connectivity index (χ1) is 8.70. The molecule has 0 spiro atoms. The van der Waals surface area contributed by atoms with Crippen LogP contribution < -0.4 is 10.6 Å². The van der Waals surface area contributed by atoms with E-state index in [4.69, 9.17) is 21.6 Å². The number of anilines is 1. The van der Waals surface area contributed by atoms with Crippen LogP contribution in [0.15, 0.2) is 18.2 Å². The fourth-order valence-electron chi connectivity index (χ4n) is 1.65. The Morgan fingerprint density at radius 1 is 1.61 bits per heavy atom. The molecule has 6 heteroatoms. The second-order valence-electron chi connectivity index (χ2n) is 3.86. The van der Waals surface area contributed by atoms with Crippen molar-refractivity contribution in [1.29, 1.82) is 5.26 Å². The third-order valence-corrected chi connectivity index (χ3v) is 2.90. The minimum atomic E-state index is -0.500. The smallest absolute Gasteiger partial charge is 0.254 e. The summed E-state index contributed by atoms with van der Waals surface area (Å²) in [6, 6.07) is 6.73. The van der Waals surface area contributed by atoms with Crippen molar-refractivity contribution in [3.8, 4) is 6.07 Å². The Bertz CT molecular complexity index is 493. The van der Waals surface area contributed by atoms with E-state index in [1.165, 1.54) is 6.07 Å². The van der Waals surface area contributed by atoms with Crippen LogP contribution in [0.4, 0.5) is 5.69 Å². The lowest BCUT2D eigenvalue weighted by molar-refractivity contribution is -0.128. The number of carbonyl (C=O) groups is 1. The maximum Gasteiger partial charge on any atom is 0.254 e. The Balaban J connectivity index is 2.05. The highest BCUT2D eigenvalue weighted by molar-refractivity contribution is 6.31. The molecule has 1 heterocycles. The average Bonchev–Trinajstić information content (AvgIpc) is 2.42. The molecule has 1 amide bonds. The Kier molecular flexibility index (Phi) is 4.15. The zero-order valence-electron chi connectivity index (χ0n) is 9.57. The van der Waals surface area contributed by atoms with Gasteiger partial charge in [-0.15, -0.1) is 0 Å². The number of nitrogens with one attached hydrogen (secondary N) is 2. The summed E-state index contributed by atoms with van der Waals surface area (Å²) in [5.74, 6) is -0.228. The van der Waals surface area contributed by atoms with E-state index in [0.29, 0.717) is 29.4 Å². The van der Waals surface area contributed by atoms with Gasteiger partial charge in [0.1, 0.15) is 12.2 Å². The summed E-state index contributed by atoms with van der Waals surface area (Å²) in [4.78, 5) is 11.9. The normalized spacial score (nSPS) is 19.0. The molecular weight excluding hydrogens is 254 g/mol. The summed E-state index contributed by atoms with van der Waals surface area (Å²) < 4.78 is 5.33. The highest BCUT2D eigenvalue weighted by Crippen LogP contribution is 2.19. The summed E-state index contributed by atoms with van der Waals surface area (Å²) in [5, 5.41) is 15.0. The summed E-state index contributed by atoms with van der Waals surface area (Å²) in [5.41, 5.74) is 0.868. The van der Waals surface area contributed by atoms with Gasteiger partial charge in [0.05, 0.1) is 17.2 Å². The molecule has 1 saturated heterocycles. The van der Waals surface area contributed by atoms with Crippen molar-refractivity contribution in [1.82, 2.24) is 5.32 Å². The number of nitrogens with zero attached hydrogens (tertiary/aromatic N) is 1. The lowest BCUT2D eigenvalue weighted by atomic mass is 10.2. The number of ether oxygens (including phenoxy) is 1. The molecule has 1 aliphatic rings. The summed E-state index contributed by atoms with van der Waals surface area (Å²) in [6.45, 7) is 1.76. The molecule has 1 aromatic rings. The summed E-state index contributed by atoms with van der Waals surface area (Å²) in [7, 11) is 0. The minimum absolute atomic E-state index is 0.228. The molecule has 1 aliphatic heterocycles. The van der Waals surface area contributed by atoms with Crippen LogP contribution >= 0.6 is 11.6 Å². The monoisotopic (exact) mass is 265 g/mol. The first kappa shape index (κ1) is 12.8. The van der Waals surface area contributed by atoms with Crippen LogP contribution in [0.5, 0.6) is 0 Å². The van der Waals surface area contributed by atoms with Gasteiger partial charge in [0, 0.05) is 18.8 Å². The topological polar surface area (TPSA) is 74.2 Å². The van der Waals surface area contributed by atoms with Crippen molar-refractivity contribution in [2.45, 2.75) is 6.10 Å². The minimum Gasteiger partial charge on any atom is -0.366 e. The first-order valence-corrected chi connectivity index (χ1v) is 5.91. The van der Waals surface area contributed by atoms with Gasteiger partial charge in [-0.05, 0) is 18.2 Å². The quantitative estimate of drug-likeness (QED) is 0.841. The fourth-order valence-corrected chi connectivity index (χ4v) is 1.81. The van der Waals surface area contributed by atoms with Crippen LogP contribution in [-0.2, 0) is 9.53 Å². The molecule has 2 N–H and O–H groups in total. The highest BCUT2D eigenvalue weighted by Gasteiger charge is 2.21. The number of hydrogen-bond donors (Lipinski definition) is 2. The number of rotatable bonds is 2. The van der Waals surface area contributed by atoms with E-state index in [1.54, 1.807) is 12.1 Å². The van der Waals surface area contributed by atoms with E-state index in [1.807, 2.05) is 6.07 Å². The van der Waals surface area contributed by atoms with Crippen LogP contribution in [0.3, 0.4) is 0 Å². The molecule has 1 atom stereocenters. The van der Waals surface area contributed by atoms with Crippen LogP contribution in [0.25, 0.3) is 0 Å². The van der Waals surface area contributed by atoms with Gasteiger partial charge >= 0.3 is 0 Å². The van der Waals surface area contributed by atoms with Gasteiger partial charge in [-0.1, -0.05) is 11.6 Å². The Labute approximate surface area is 110 Å². The number of benzene rings is 1. The third-order valence-electron chi connectivity index (χ3n) is 2.57. The van der Waals surface area contributed by atoms with E-state index in [9.17, 15) is 4.79 Å². The van der Waals surface area contributed by atoms with Gasteiger partial charge in [-0.3, -0.25) is 4.79 Å². The summed E-state index contributed by atoms with van der Waals surface area (Å²) >= 11 is 5.81. The predicted molar refractivity (Wildman–Crippen MR) is 67.4 cm³/mol. The Morgan fingerprint density at radius 2 is 2.44 bits per heavy atom. The van der Waals surface area contributed by atoms with Gasteiger partial charge in [-0.25, -0.2) is 0 Å². The van der Waals surface area contributed by atoms with E-state index in [-0.39, 0.29) is 5.91 Å². The van der Waals surface area contributed by atoms with E-state index < -0.39 is 6.10 Å². The Hall–Kier alpha value is -1.61. The maximum absolute atomic E-state index is 11.9. The van der Waals surface area contributed by atoms with Crippen molar-refractivity contribution in [2.24, 2.45) is 0 Å². The van der Waals surface area contributed by atoms with Crippen molar-refractivity contribution >= 4 is 23.2 Å². The predicted octanol–water partition coefficient (Wildman–Crippen LogP) is 1.14. The number of carbonyl (C=O) groups excluding carboxylic acids is 1. The van der Waals surface area contributed by atoms with Crippen LogP contribution in [0, 0.1) is 11.3 Å². The van der Waals surface area contributed by atoms with E-state index in [2.05, 4.69) is 10.6 Å². The molecule has 18 heavy (non-hydrogen) atoms. The zero-order chi connectivity index (χ0) is 13.0. The van der Waals surface area contributed by atoms with Gasteiger partial charge in [0.2, 0.25) is 0 Å². The van der Waals surface area contributed by atoms with Gasteiger partial charge in [0.25, 0.3) is 5.91 Å². The van der Waals surface area contributed by atoms with Gasteiger partial charge < -0.3 is 15.4 Å². The van der Waals surface area contributed by atoms with E-state index in [0.717, 1.165) is 6.54 Å². The van der Waals surface area contributed by atoms with Gasteiger partial charge in [0.15, 0.2) is 0 Å². The van der Waals surface area contributed by atoms with Gasteiger partial charge in [-0.2, -0.15) is 5.26 Å². The molecular formula is C12H12ClN3O2. The third kappa shape index (κ3) is 2.99. The molecule has 5 nitrogen and oxygen atoms in total. The molecule has 94 valence electrons. The van der Waals surface area contributed by atoms with Crippen molar-refractivity contribution in [3.05, 3.63) is 28.8 Å². The second kappa shape index (κ2) is 5.83. The largest absolute Gasteiger partial charge is 0.366 e. The lowest BCUT2D eigenvalue weighted by Gasteiger charge is -2.22. The molecule has 0 radical (unpaired) electrons. The van der Waals surface area contributed by atoms with Crippen molar-refractivity contribution < 1.29 is 9.53 Å². The fraction of sp³-hybridized carbons (Fsp3) is 0.333. The molecule has 1 unspecified atom stereocenters. The number of hydrogen-bond acceptors (Lipinski definition) is 4. The highest BCUT2D eigenvalue weighted by atomic mass is 35.5.